The number of benzene rings is 1. The molecule has 0 amide bonds. The third-order valence-corrected chi connectivity index (χ3v) is 7.78. The molecular formula is C33H15F15N10. The molecule has 58 heavy (non-hydrogen) atoms. The Labute approximate surface area is 312 Å². The molecule has 0 bridgehead atoms. The van der Waals surface area contributed by atoms with Gasteiger partial charge in [0, 0.05) is 29.7 Å². The second kappa shape index (κ2) is 14.2. The number of alkyl halides is 15. The minimum absolute atomic E-state index is 0.496. The zero-order valence-corrected chi connectivity index (χ0v) is 28.3. The molecule has 5 heterocycles. The van der Waals surface area contributed by atoms with Gasteiger partial charge < -0.3 is 0 Å². The van der Waals surface area contributed by atoms with Gasteiger partial charge in [-0.3, -0.25) is 9.97 Å². The summed E-state index contributed by atoms with van der Waals surface area (Å²) in [5.74, 6) is -7.59. The van der Waals surface area contributed by atoms with Gasteiger partial charge in [0.2, 0.25) is 5.82 Å². The Bertz CT molecular complexity index is 2520. The molecule has 25 heteroatoms. The standard InChI is InChI=1S/C33H15F15N10/c1-12-10-51-26(55-21(12)29(34,35)36)19-16(14-6-4-3-5-7-14)23(31(40,41)42)57-25(53-19)17-20(54-28(33(46,47)48)58-24(17)32(43,44)45)27-52-18(15-11-49-8-9-50-15)13(2)22(56-27)30(37,38)39/h3-11H,1-2H3. The van der Waals surface area contributed by atoms with Gasteiger partial charge in [-0.2, -0.15) is 65.9 Å². The third kappa shape index (κ3) is 8.04. The normalized spacial score (nSPS) is 12.9. The summed E-state index contributed by atoms with van der Waals surface area (Å²) >= 11 is 0. The van der Waals surface area contributed by atoms with E-state index in [1.807, 2.05) is 0 Å². The molecule has 0 unspecified atom stereocenters. The smallest absolute Gasteiger partial charge is 0.261 e. The maximum atomic E-state index is 15.0. The van der Waals surface area contributed by atoms with Gasteiger partial charge in [0.25, 0.3) is 0 Å². The molecule has 5 aromatic heterocycles. The molecule has 6 rings (SSSR count). The van der Waals surface area contributed by atoms with Gasteiger partial charge >= 0.3 is 30.9 Å². The highest BCUT2D eigenvalue weighted by Crippen LogP contribution is 2.47. The van der Waals surface area contributed by atoms with Crippen LogP contribution < -0.4 is 0 Å². The molecule has 0 radical (unpaired) electrons. The van der Waals surface area contributed by atoms with Crippen LogP contribution in [-0.4, -0.2) is 49.8 Å². The summed E-state index contributed by atoms with van der Waals surface area (Å²) in [7, 11) is 0. The molecule has 0 atom stereocenters. The van der Waals surface area contributed by atoms with E-state index in [0.717, 1.165) is 56.7 Å². The zero-order valence-electron chi connectivity index (χ0n) is 28.3. The fourth-order valence-corrected chi connectivity index (χ4v) is 5.40. The second-order valence-corrected chi connectivity index (χ2v) is 11.8. The average molecular weight is 837 g/mol. The zero-order chi connectivity index (χ0) is 42.7. The van der Waals surface area contributed by atoms with Crippen LogP contribution in [0.2, 0.25) is 0 Å². The van der Waals surface area contributed by atoms with Crippen molar-refractivity contribution in [2.75, 3.05) is 0 Å². The summed E-state index contributed by atoms with van der Waals surface area (Å²) in [6, 6.07) is 5.53. The molecule has 0 saturated heterocycles. The number of nitrogens with zero attached hydrogens (tertiary/aromatic N) is 10. The van der Waals surface area contributed by atoms with Crippen molar-refractivity contribution in [2.24, 2.45) is 0 Å². The van der Waals surface area contributed by atoms with E-state index in [4.69, 9.17) is 0 Å². The van der Waals surface area contributed by atoms with E-state index >= 15 is 13.2 Å². The molecule has 0 aliphatic carbocycles. The van der Waals surface area contributed by atoms with Crippen molar-refractivity contribution in [3.63, 3.8) is 0 Å². The Morgan fingerprint density at radius 1 is 0.431 bits per heavy atom. The van der Waals surface area contributed by atoms with Crippen LogP contribution in [0.25, 0.3) is 56.9 Å². The highest BCUT2D eigenvalue weighted by atomic mass is 19.4. The van der Waals surface area contributed by atoms with Crippen LogP contribution in [0.1, 0.15) is 39.7 Å². The first-order chi connectivity index (χ1) is 26.8. The van der Waals surface area contributed by atoms with Gasteiger partial charge in [-0.05, 0) is 25.0 Å². The summed E-state index contributed by atoms with van der Waals surface area (Å²) in [6.45, 7) is 1.63. The highest BCUT2D eigenvalue weighted by molar-refractivity contribution is 5.84. The second-order valence-electron chi connectivity index (χ2n) is 11.8. The lowest BCUT2D eigenvalue weighted by molar-refractivity contribution is -0.152. The van der Waals surface area contributed by atoms with E-state index in [-0.39, 0.29) is 0 Å². The summed E-state index contributed by atoms with van der Waals surface area (Å²) in [5, 5.41) is 0. The van der Waals surface area contributed by atoms with Crippen LogP contribution in [0.3, 0.4) is 0 Å². The van der Waals surface area contributed by atoms with Gasteiger partial charge in [0.05, 0.1) is 17.5 Å². The Kier molecular flexibility index (Phi) is 10.1. The predicted molar refractivity (Wildman–Crippen MR) is 166 cm³/mol. The maximum Gasteiger partial charge on any atom is 0.451 e. The lowest BCUT2D eigenvalue weighted by Crippen LogP contribution is -2.22. The van der Waals surface area contributed by atoms with Gasteiger partial charge in [-0.15, -0.1) is 0 Å². The van der Waals surface area contributed by atoms with E-state index in [9.17, 15) is 52.7 Å². The Morgan fingerprint density at radius 3 is 1.52 bits per heavy atom. The molecule has 0 spiro atoms. The largest absolute Gasteiger partial charge is 0.451 e. The third-order valence-electron chi connectivity index (χ3n) is 7.78. The number of hydrogen-bond donors (Lipinski definition) is 0. The van der Waals surface area contributed by atoms with E-state index in [1.165, 1.54) is 6.07 Å². The summed E-state index contributed by atoms with van der Waals surface area (Å²) in [5.41, 5.74) is -18.7. The highest BCUT2D eigenvalue weighted by Gasteiger charge is 2.47. The van der Waals surface area contributed by atoms with E-state index in [1.54, 1.807) is 0 Å². The van der Waals surface area contributed by atoms with Crippen LogP contribution in [0.5, 0.6) is 0 Å². The van der Waals surface area contributed by atoms with Gasteiger partial charge in [-0.25, -0.2) is 39.9 Å². The Hall–Kier alpha value is -6.43. The molecule has 1 aromatic carbocycles. The fourth-order valence-electron chi connectivity index (χ4n) is 5.40. The van der Waals surface area contributed by atoms with Crippen molar-refractivity contribution in [1.29, 1.82) is 0 Å². The molecule has 6 aromatic rings. The van der Waals surface area contributed by atoms with Gasteiger partial charge in [0.15, 0.2) is 40.2 Å². The average Bonchev–Trinajstić information content (AvgIpc) is 3.12. The molecule has 0 saturated carbocycles. The van der Waals surface area contributed by atoms with Crippen molar-refractivity contribution < 1.29 is 65.9 Å². The SMILES string of the molecule is Cc1cnc(-c2nc(-c3c(-c4nc(-c5cnccn5)c(C)c(C(F)(F)F)n4)nc(C(F)(F)F)nc3C(F)(F)F)nc(C(F)(F)F)c2-c2ccccc2)nc1C(F)(F)F. The van der Waals surface area contributed by atoms with Crippen LogP contribution in [0.15, 0.2) is 55.1 Å². The topological polar surface area (TPSA) is 129 Å². The van der Waals surface area contributed by atoms with E-state index in [0.29, 0.717) is 6.20 Å². The molecule has 302 valence electrons. The molecule has 0 N–H and O–H groups in total. The quantitative estimate of drug-likeness (QED) is 0.155. The van der Waals surface area contributed by atoms with Crippen LogP contribution in [0, 0.1) is 13.8 Å². The van der Waals surface area contributed by atoms with Crippen LogP contribution >= 0.6 is 0 Å². The number of hydrogen-bond acceptors (Lipinski definition) is 10. The number of rotatable bonds is 5. The monoisotopic (exact) mass is 836 g/mol. The minimum atomic E-state index is -6.12. The number of aromatic nitrogens is 10. The molecular weight excluding hydrogens is 821 g/mol. The number of aryl methyl sites for hydroxylation is 1. The lowest BCUT2D eigenvalue weighted by Gasteiger charge is -2.21. The summed E-state index contributed by atoms with van der Waals surface area (Å²) in [6.07, 6.45) is -25.3. The molecule has 10 nitrogen and oxygen atoms in total. The van der Waals surface area contributed by atoms with E-state index in [2.05, 4.69) is 49.8 Å². The molecule has 0 fully saturated rings. The lowest BCUT2D eigenvalue weighted by atomic mass is 9.99. The minimum Gasteiger partial charge on any atom is -0.261 e. The maximum absolute atomic E-state index is 15.0. The van der Waals surface area contributed by atoms with Crippen LogP contribution in [0.4, 0.5) is 65.9 Å². The first kappa shape index (κ1) is 41.2. The first-order valence-corrected chi connectivity index (χ1v) is 15.5. The Morgan fingerprint density at radius 2 is 0.966 bits per heavy atom. The van der Waals surface area contributed by atoms with E-state index < -0.39 is 128 Å². The van der Waals surface area contributed by atoms with Crippen molar-refractivity contribution in [2.45, 2.75) is 44.7 Å². The first-order valence-electron chi connectivity index (χ1n) is 15.5. The summed E-state index contributed by atoms with van der Waals surface area (Å²) in [4.78, 5) is 33.5. The van der Waals surface area contributed by atoms with Crippen molar-refractivity contribution in [3.8, 4) is 56.9 Å². The van der Waals surface area contributed by atoms with Crippen LogP contribution in [-0.2, 0) is 30.9 Å². The van der Waals surface area contributed by atoms with Crippen molar-refractivity contribution in [1.82, 2.24) is 49.8 Å². The summed E-state index contributed by atoms with van der Waals surface area (Å²) < 4.78 is 217. The van der Waals surface area contributed by atoms with Gasteiger partial charge in [-0.1, -0.05) is 30.3 Å². The van der Waals surface area contributed by atoms with Crippen molar-refractivity contribution >= 4 is 0 Å². The fraction of sp³-hybridized carbons (Fsp3) is 0.212. The number of halogens is 15. The molecule has 0 aliphatic heterocycles. The predicted octanol–water partition coefficient (Wildman–Crippen LogP) is 9.68. The van der Waals surface area contributed by atoms with Gasteiger partial charge in [0.1, 0.15) is 17.1 Å². The molecule has 0 aliphatic rings. The van der Waals surface area contributed by atoms with Crippen molar-refractivity contribution in [3.05, 3.63) is 94.8 Å². The Balaban J connectivity index is 1.85.